The predicted molar refractivity (Wildman–Crippen MR) is 94.7 cm³/mol. The van der Waals surface area contributed by atoms with E-state index in [0.29, 0.717) is 32.5 Å². The number of nitrogens with one attached hydrogen (secondary N) is 1. The van der Waals surface area contributed by atoms with Gasteiger partial charge in [0.05, 0.1) is 17.7 Å². The van der Waals surface area contributed by atoms with Crippen LogP contribution in [0.1, 0.15) is 29.7 Å². The van der Waals surface area contributed by atoms with Crippen molar-refractivity contribution in [2.45, 2.75) is 31.7 Å². The summed E-state index contributed by atoms with van der Waals surface area (Å²) in [6, 6.07) is 12.3. The summed E-state index contributed by atoms with van der Waals surface area (Å²) in [5, 5.41) is 16.9. The third-order valence-corrected chi connectivity index (χ3v) is 5.21. The van der Waals surface area contributed by atoms with E-state index in [-0.39, 0.29) is 6.03 Å². The van der Waals surface area contributed by atoms with Crippen molar-refractivity contribution in [1.82, 2.24) is 20.0 Å². The number of hydrogen-bond acceptors (Lipinski definition) is 3. The van der Waals surface area contributed by atoms with Gasteiger partial charge in [0.2, 0.25) is 0 Å². The Labute approximate surface area is 148 Å². The molecule has 130 valence electrons. The van der Waals surface area contributed by atoms with Gasteiger partial charge in [-0.1, -0.05) is 30.3 Å². The normalized spacial score (nSPS) is 16.3. The number of aryl methyl sites for hydroxylation is 1. The van der Waals surface area contributed by atoms with E-state index in [1.165, 1.54) is 0 Å². The topological polar surface area (TPSA) is 74.0 Å². The average molecular weight is 337 g/mol. The number of likely N-dealkylation sites (tertiary alicyclic amines) is 1. The summed E-state index contributed by atoms with van der Waals surface area (Å²) >= 11 is 0. The molecule has 0 saturated carbocycles. The van der Waals surface area contributed by atoms with Crippen molar-refractivity contribution in [2.24, 2.45) is 7.05 Å². The number of urea groups is 1. The molecule has 1 saturated heterocycles. The van der Waals surface area contributed by atoms with Crippen LogP contribution in [-0.2, 0) is 19.0 Å². The number of rotatable bonds is 3. The van der Waals surface area contributed by atoms with Crippen molar-refractivity contribution in [1.29, 1.82) is 5.26 Å². The summed E-state index contributed by atoms with van der Waals surface area (Å²) < 4.78 is 1.80. The molecule has 25 heavy (non-hydrogen) atoms. The van der Waals surface area contributed by atoms with E-state index in [9.17, 15) is 10.1 Å². The molecule has 1 aliphatic heterocycles. The first-order valence-electron chi connectivity index (χ1n) is 8.53. The molecule has 1 aliphatic rings. The van der Waals surface area contributed by atoms with Crippen LogP contribution in [0, 0.1) is 18.3 Å². The third-order valence-electron chi connectivity index (χ3n) is 5.21. The third kappa shape index (κ3) is 3.36. The zero-order chi connectivity index (χ0) is 17.9. The molecular weight excluding hydrogens is 314 g/mol. The van der Waals surface area contributed by atoms with Gasteiger partial charge in [-0.15, -0.1) is 0 Å². The Kier molecular flexibility index (Phi) is 4.75. The number of aromatic nitrogens is 2. The van der Waals surface area contributed by atoms with E-state index in [0.717, 1.165) is 16.8 Å². The van der Waals surface area contributed by atoms with Gasteiger partial charge in [0.1, 0.15) is 0 Å². The molecule has 6 heteroatoms. The van der Waals surface area contributed by atoms with Crippen LogP contribution in [0.4, 0.5) is 4.79 Å². The molecule has 0 atom stereocenters. The number of carbonyl (C=O) groups excluding carboxylic acids is 1. The van der Waals surface area contributed by atoms with Crippen LogP contribution >= 0.6 is 0 Å². The fraction of sp³-hybridized carbons (Fsp3) is 0.421. The Hall–Kier alpha value is -2.81. The number of carbonyl (C=O) groups is 1. The first-order chi connectivity index (χ1) is 12.1. The molecule has 2 heterocycles. The summed E-state index contributed by atoms with van der Waals surface area (Å²) in [7, 11) is 1.89. The molecule has 2 aromatic rings. The van der Waals surface area contributed by atoms with Crippen LogP contribution in [0.5, 0.6) is 0 Å². The van der Waals surface area contributed by atoms with Gasteiger partial charge in [0, 0.05) is 37.9 Å². The molecule has 0 radical (unpaired) electrons. The highest BCUT2D eigenvalue weighted by atomic mass is 16.2. The Bertz CT molecular complexity index is 782. The van der Waals surface area contributed by atoms with E-state index >= 15 is 0 Å². The molecule has 2 amide bonds. The van der Waals surface area contributed by atoms with Gasteiger partial charge < -0.3 is 10.2 Å². The average Bonchev–Trinajstić information content (AvgIpc) is 2.99. The van der Waals surface area contributed by atoms with Gasteiger partial charge in [-0.2, -0.15) is 10.4 Å². The van der Waals surface area contributed by atoms with E-state index in [1.54, 1.807) is 15.8 Å². The second-order valence-corrected chi connectivity index (χ2v) is 6.58. The first-order valence-corrected chi connectivity index (χ1v) is 8.53. The lowest BCUT2D eigenvalue weighted by Crippen LogP contribution is -2.48. The number of amides is 2. The molecule has 0 aliphatic carbocycles. The van der Waals surface area contributed by atoms with Crippen LogP contribution in [-0.4, -0.2) is 33.8 Å². The summed E-state index contributed by atoms with van der Waals surface area (Å²) in [5.41, 5.74) is 2.62. The maximum Gasteiger partial charge on any atom is 0.317 e. The quantitative estimate of drug-likeness (QED) is 0.935. The van der Waals surface area contributed by atoms with Gasteiger partial charge in [0.15, 0.2) is 0 Å². The minimum absolute atomic E-state index is 0.0807. The Morgan fingerprint density at radius 1 is 1.32 bits per heavy atom. The van der Waals surface area contributed by atoms with Crippen LogP contribution in [0.2, 0.25) is 0 Å². The molecular formula is C19H23N5O. The largest absolute Gasteiger partial charge is 0.334 e. The van der Waals surface area contributed by atoms with Gasteiger partial charge in [-0.3, -0.25) is 4.68 Å². The van der Waals surface area contributed by atoms with Gasteiger partial charge in [0.25, 0.3) is 0 Å². The lowest BCUT2D eigenvalue weighted by atomic mass is 9.74. The van der Waals surface area contributed by atoms with Crippen LogP contribution in [0.25, 0.3) is 0 Å². The first kappa shape index (κ1) is 17.0. The summed E-state index contributed by atoms with van der Waals surface area (Å²) in [6.45, 7) is 3.62. The molecule has 1 N–H and O–H groups in total. The molecule has 1 fully saturated rings. The van der Waals surface area contributed by atoms with Crippen LogP contribution < -0.4 is 5.32 Å². The van der Waals surface area contributed by atoms with E-state index in [4.69, 9.17) is 0 Å². The van der Waals surface area contributed by atoms with Crippen molar-refractivity contribution < 1.29 is 4.79 Å². The monoisotopic (exact) mass is 337 g/mol. The Balaban J connectivity index is 1.59. The second-order valence-electron chi connectivity index (χ2n) is 6.58. The van der Waals surface area contributed by atoms with Gasteiger partial charge in [-0.05, 0) is 25.3 Å². The van der Waals surface area contributed by atoms with Crippen molar-refractivity contribution in [3.63, 3.8) is 0 Å². The number of benzene rings is 1. The number of nitrogens with zero attached hydrogens (tertiary/aromatic N) is 4. The molecule has 1 aromatic carbocycles. The van der Waals surface area contributed by atoms with E-state index in [2.05, 4.69) is 16.5 Å². The highest BCUT2D eigenvalue weighted by molar-refractivity contribution is 5.74. The smallest absolute Gasteiger partial charge is 0.317 e. The van der Waals surface area contributed by atoms with Crippen molar-refractivity contribution in [2.75, 3.05) is 13.1 Å². The maximum absolute atomic E-state index is 12.4. The summed E-state index contributed by atoms with van der Waals surface area (Å²) in [4.78, 5) is 14.2. The van der Waals surface area contributed by atoms with Crippen LogP contribution in [0.15, 0.2) is 36.5 Å². The molecule has 3 rings (SSSR count). The summed E-state index contributed by atoms with van der Waals surface area (Å²) in [5.74, 6) is 0. The lowest BCUT2D eigenvalue weighted by molar-refractivity contribution is 0.171. The highest BCUT2D eigenvalue weighted by Gasteiger charge is 2.37. The van der Waals surface area contributed by atoms with Gasteiger partial charge >= 0.3 is 6.03 Å². The van der Waals surface area contributed by atoms with Crippen molar-refractivity contribution >= 4 is 6.03 Å². The fourth-order valence-electron chi connectivity index (χ4n) is 3.31. The minimum Gasteiger partial charge on any atom is -0.334 e. The zero-order valence-electron chi connectivity index (χ0n) is 14.7. The molecule has 0 bridgehead atoms. The second kappa shape index (κ2) is 6.98. The van der Waals surface area contributed by atoms with E-state index < -0.39 is 5.41 Å². The SMILES string of the molecule is Cc1c(CNC(=O)N2CCC(C#N)(c3ccccc3)CC2)cnn1C. The fourth-order valence-corrected chi connectivity index (χ4v) is 3.31. The Morgan fingerprint density at radius 2 is 2.00 bits per heavy atom. The standard InChI is InChI=1S/C19H23N5O/c1-15-16(13-22-23(15)2)12-21-18(25)24-10-8-19(14-20,9-11-24)17-6-4-3-5-7-17/h3-7,13H,8-12H2,1-2H3,(H,21,25). The highest BCUT2D eigenvalue weighted by Crippen LogP contribution is 2.34. The predicted octanol–water partition coefficient (Wildman–Crippen LogP) is 2.50. The number of nitriles is 1. The minimum atomic E-state index is -0.488. The zero-order valence-corrected chi connectivity index (χ0v) is 14.7. The molecule has 0 unspecified atom stereocenters. The molecule has 0 spiro atoms. The van der Waals surface area contributed by atoms with Crippen molar-refractivity contribution in [3.8, 4) is 6.07 Å². The van der Waals surface area contributed by atoms with Gasteiger partial charge in [-0.25, -0.2) is 4.79 Å². The van der Waals surface area contributed by atoms with Crippen molar-refractivity contribution in [3.05, 3.63) is 53.3 Å². The number of hydrogen-bond donors (Lipinski definition) is 1. The molecule has 6 nitrogen and oxygen atoms in total. The Morgan fingerprint density at radius 3 is 2.56 bits per heavy atom. The molecule has 1 aromatic heterocycles. The lowest BCUT2D eigenvalue weighted by Gasteiger charge is -2.37. The summed E-state index contributed by atoms with van der Waals surface area (Å²) in [6.07, 6.45) is 3.10. The van der Waals surface area contributed by atoms with Crippen LogP contribution in [0.3, 0.4) is 0 Å². The maximum atomic E-state index is 12.4. The van der Waals surface area contributed by atoms with E-state index in [1.807, 2.05) is 44.3 Å². The number of piperidine rings is 1.